The van der Waals surface area contributed by atoms with Crippen molar-refractivity contribution in [3.8, 4) is 5.88 Å². The molecule has 0 radical (unpaired) electrons. The van der Waals surface area contributed by atoms with E-state index in [0.717, 1.165) is 5.69 Å². The molecular weight excluding hydrogens is 190 g/mol. The Morgan fingerprint density at radius 2 is 1.93 bits per heavy atom. The number of rotatable bonds is 2. The molecule has 15 heavy (non-hydrogen) atoms. The van der Waals surface area contributed by atoms with Crippen LogP contribution in [0.2, 0.25) is 0 Å². The summed E-state index contributed by atoms with van der Waals surface area (Å²) in [4.78, 5) is 7.95. The molecule has 4 heteroatoms. The Balaban J connectivity index is 2.22. The number of hydrogen-bond donors (Lipinski definition) is 2. The van der Waals surface area contributed by atoms with Gasteiger partial charge in [-0.25, -0.2) is 4.98 Å². The van der Waals surface area contributed by atoms with Crippen molar-refractivity contribution in [1.29, 1.82) is 0 Å². The number of aryl methyl sites for hydroxylation is 1. The zero-order valence-electron chi connectivity index (χ0n) is 8.31. The van der Waals surface area contributed by atoms with Crippen LogP contribution in [-0.2, 0) is 0 Å². The third-order valence-electron chi connectivity index (χ3n) is 1.97. The molecule has 2 aromatic rings. The van der Waals surface area contributed by atoms with Gasteiger partial charge in [-0.2, -0.15) is 4.98 Å². The predicted molar refractivity (Wildman–Crippen MR) is 58.2 cm³/mol. The first kappa shape index (κ1) is 9.45. The number of aromatic nitrogens is 2. The predicted octanol–water partition coefficient (Wildman–Crippen LogP) is 2.23. The minimum absolute atomic E-state index is 0.00318. The fourth-order valence-corrected chi connectivity index (χ4v) is 1.14. The lowest BCUT2D eigenvalue weighted by Crippen LogP contribution is -1.97. The Bertz CT molecular complexity index is 457. The summed E-state index contributed by atoms with van der Waals surface area (Å²) in [6.45, 7) is 1.75. The maximum atomic E-state index is 9.39. The second-order valence-corrected chi connectivity index (χ2v) is 3.19. The number of anilines is 2. The Hall–Kier alpha value is -2.10. The van der Waals surface area contributed by atoms with Gasteiger partial charge in [0.2, 0.25) is 11.8 Å². The van der Waals surface area contributed by atoms with Crippen LogP contribution >= 0.6 is 0 Å². The zero-order valence-corrected chi connectivity index (χ0v) is 8.31. The molecule has 0 fully saturated rings. The summed E-state index contributed by atoms with van der Waals surface area (Å²) in [5.41, 5.74) is 1.55. The summed E-state index contributed by atoms with van der Waals surface area (Å²) >= 11 is 0. The van der Waals surface area contributed by atoms with E-state index in [4.69, 9.17) is 0 Å². The van der Waals surface area contributed by atoms with Crippen LogP contribution in [0.25, 0.3) is 0 Å². The molecule has 1 aromatic heterocycles. The highest BCUT2D eigenvalue weighted by atomic mass is 16.3. The van der Waals surface area contributed by atoms with Crippen molar-refractivity contribution < 1.29 is 5.11 Å². The normalized spacial score (nSPS) is 9.93. The molecule has 1 aromatic carbocycles. The summed E-state index contributed by atoms with van der Waals surface area (Å²) in [5.74, 6) is 0.396. The minimum atomic E-state index is 0.00318. The Morgan fingerprint density at radius 3 is 2.60 bits per heavy atom. The van der Waals surface area contributed by atoms with Crippen molar-refractivity contribution in [2.45, 2.75) is 6.92 Å². The van der Waals surface area contributed by atoms with Gasteiger partial charge in [0.1, 0.15) is 0 Å². The lowest BCUT2D eigenvalue weighted by Gasteiger charge is -2.04. The fraction of sp³-hybridized carbons (Fsp3) is 0.0909. The molecule has 0 amide bonds. The highest BCUT2D eigenvalue weighted by Crippen LogP contribution is 2.16. The molecule has 0 saturated heterocycles. The summed E-state index contributed by atoms with van der Waals surface area (Å²) < 4.78 is 0. The van der Waals surface area contributed by atoms with Gasteiger partial charge in [0.25, 0.3) is 0 Å². The number of benzene rings is 1. The number of aromatic hydroxyl groups is 1. The van der Waals surface area contributed by atoms with Crippen molar-refractivity contribution in [3.05, 3.63) is 42.1 Å². The quantitative estimate of drug-likeness (QED) is 0.782. The first-order valence-electron chi connectivity index (χ1n) is 4.60. The van der Waals surface area contributed by atoms with E-state index in [1.54, 1.807) is 13.1 Å². The van der Waals surface area contributed by atoms with Crippen molar-refractivity contribution in [1.82, 2.24) is 9.97 Å². The smallest absolute Gasteiger partial charge is 0.230 e. The van der Waals surface area contributed by atoms with Crippen molar-refractivity contribution >= 4 is 11.6 Å². The highest BCUT2D eigenvalue weighted by molar-refractivity contribution is 5.53. The fourth-order valence-electron chi connectivity index (χ4n) is 1.14. The molecule has 76 valence electrons. The number of nitrogens with zero attached hydrogens (tertiary/aromatic N) is 2. The maximum Gasteiger partial charge on any atom is 0.230 e. The minimum Gasteiger partial charge on any atom is -0.493 e. The van der Waals surface area contributed by atoms with E-state index in [-0.39, 0.29) is 5.88 Å². The third kappa shape index (κ3) is 2.22. The van der Waals surface area contributed by atoms with Crippen LogP contribution in [0.15, 0.2) is 36.5 Å². The van der Waals surface area contributed by atoms with Crippen molar-refractivity contribution in [2.24, 2.45) is 0 Å². The van der Waals surface area contributed by atoms with E-state index in [0.29, 0.717) is 11.5 Å². The first-order valence-corrected chi connectivity index (χ1v) is 4.60. The van der Waals surface area contributed by atoms with Gasteiger partial charge < -0.3 is 10.4 Å². The van der Waals surface area contributed by atoms with E-state index in [1.165, 1.54) is 0 Å². The molecule has 0 aliphatic rings. The SMILES string of the molecule is Cc1cnc(Nc2ccccc2)nc1O. The Morgan fingerprint density at radius 1 is 1.20 bits per heavy atom. The van der Waals surface area contributed by atoms with Crippen molar-refractivity contribution in [2.75, 3.05) is 5.32 Å². The number of nitrogens with one attached hydrogen (secondary N) is 1. The van der Waals surface area contributed by atoms with Crippen LogP contribution in [0.5, 0.6) is 5.88 Å². The van der Waals surface area contributed by atoms with E-state index >= 15 is 0 Å². The second-order valence-electron chi connectivity index (χ2n) is 3.19. The van der Waals surface area contributed by atoms with Gasteiger partial charge in [0.15, 0.2) is 0 Å². The standard InChI is InChI=1S/C11H11N3O/c1-8-7-12-11(14-10(8)15)13-9-5-3-2-4-6-9/h2-7H,1H3,(H2,12,13,14,15). The molecule has 0 unspecified atom stereocenters. The zero-order chi connectivity index (χ0) is 10.7. The van der Waals surface area contributed by atoms with Gasteiger partial charge in [-0.3, -0.25) is 0 Å². The second kappa shape index (κ2) is 3.96. The molecule has 0 bridgehead atoms. The molecule has 1 heterocycles. The van der Waals surface area contributed by atoms with Gasteiger partial charge in [0.05, 0.1) is 0 Å². The highest BCUT2D eigenvalue weighted by Gasteiger charge is 2.01. The van der Waals surface area contributed by atoms with Crippen LogP contribution in [0.1, 0.15) is 5.56 Å². The third-order valence-corrected chi connectivity index (χ3v) is 1.97. The van der Waals surface area contributed by atoms with Gasteiger partial charge in [-0.05, 0) is 19.1 Å². The largest absolute Gasteiger partial charge is 0.493 e. The first-order chi connectivity index (χ1) is 7.25. The van der Waals surface area contributed by atoms with Crippen molar-refractivity contribution in [3.63, 3.8) is 0 Å². The summed E-state index contributed by atoms with van der Waals surface area (Å²) in [5, 5.41) is 12.4. The van der Waals surface area contributed by atoms with Crippen LogP contribution in [0, 0.1) is 6.92 Å². The summed E-state index contributed by atoms with van der Waals surface area (Å²) in [6.07, 6.45) is 1.58. The number of hydrogen-bond acceptors (Lipinski definition) is 4. The summed E-state index contributed by atoms with van der Waals surface area (Å²) in [6, 6.07) is 9.56. The topological polar surface area (TPSA) is 58.0 Å². The van der Waals surface area contributed by atoms with Crippen LogP contribution < -0.4 is 5.32 Å². The van der Waals surface area contributed by atoms with Gasteiger partial charge >= 0.3 is 0 Å². The Labute approximate surface area is 87.6 Å². The van der Waals surface area contributed by atoms with E-state index in [9.17, 15) is 5.11 Å². The molecule has 0 spiro atoms. The van der Waals surface area contributed by atoms with Gasteiger partial charge in [-0.15, -0.1) is 0 Å². The van der Waals surface area contributed by atoms with Crippen LogP contribution in [-0.4, -0.2) is 15.1 Å². The number of para-hydroxylation sites is 1. The molecule has 0 aliphatic heterocycles. The van der Waals surface area contributed by atoms with Crippen LogP contribution in [0.4, 0.5) is 11.6 Å². The lowest BCUT2D eigenvalue weighted by atomic mass is 10.3. The molecule has 0 atom stereocenters. The molecule has 4 nitrogen and oxygen atoms in total. The van der Waals surface area contributed by atoms with Crippen LogP contribution in [0.3, 0.4) is 0 Å². The monoisotopic (exact) mass is 201 g/mol. The molecule has 2 N–H and O–H groups in total. The maximum absolute atomic E-state index is 9.39. The summed E-state index contributed by atoms with van der Waals surface area (Å²) in [7, 11) is 0. The molecule has 0 aliphatic carbocycles. The van der Waals surface area contributed by atoms with E-state index in [1.807, 2.05) is 30.3 Å². The molecule has 0 saturated carbocycles. The molecule has 2 rings (SSSR count). The lowest BCUT2D eigenvalue weighted by molar-refractivity contribution is 0.448. The average molecular weight is 201 g/mol. The average Bonchev–Trinajstić information content (AvgIpc) is 2.25. The van der Waals surface area contributed by atoms with E-state index < -0.39 is 0 Å². The molecular formula is C11H11N3O. The van der Waals surface area contributed by atoms with Gasteiger partial charge in [-0.1, -0.05) is 18.2 Å². The Kier molecular flexibility index (Phi) is 2.49. The van der Waals surface area contributed by atoms with E-state index in [2.05, 4.69) is 15.3 Å². The van der Waals surface area contributed by atoms with Gasteiger partial charge in [0, 0.05) is 17.4 Å².